The van der Waals surface area contributed by atoms with Gasteiger partial charge < -0.3 is 10.0 Å². The fourth-order valence-corrected chi connectivity index (χ4v) is 1.72. The van der Waals surface area contributed by atoms with E-state index in [1.165, 1.54) is 11.0 Å². The molecule has 0 radical (unpaired) electrons. The molecular formula is C12H13ClFNO3. The van der Waals surface area contributed by atoms with Crippen molar-refractivity contribution in [1.29, 1.82) is 0 Å². The van der Waals surface area contributed by atoms with Gasteiger partial charge in [0, 0.05) is 13.1 Å². The second-order valence-corrected chi connectivity index (χ2v) is 4.06. The van der Waals surface area contributed by atoms with E-state index in [-0.39, 0.29) is 23.6 Å². The lowest BCUT2D eigenvalue weighted by Gasteiger charge is -2.20. The Morgan fingerprint density at radius 3 is 2.61 bits per heavy atom. The Morgan fingerprint density at radius 2 is 2.11 bits per heavy atom. The largest absolute Gasteiger partial charge is 0.481 e. The van der Waals surface area contributed by atoms with Crippen LogP contribution in [0.4, 0.5) is 4.39 Å². The zero-order valence-electron chi connectivity index (χ0n) is 9.82. The Balaban J connectivity index is 2.86. The molecule has 0 heterocycles. The maximum Gasteiger partial charge on any atom is 0.305 e. The number of carboxylic acid groups (broad SMARTS) is 1. The fraction of sp³-hybridized carbons (Fsp3) is 0.333. The number of benzene rings is 1. The topological polar surface area (TPSA) is 57.6 Å². The first-order valence-corrected chi connectivity index (χ1v) is 5.79. The first-order valence-electron chi connectivity index (χ1n) is 5.41. The number of carboxylic acids is 1. The van der Waals surface area contributed by atoms with Crippen LogP contribution in [0.3, 0.4) is 0 Å². The summed E-state index contributed by atoms with van der Waals surface area (Å²) in [6.07, 6.45) is -0.140. The summed E-state index contributed by atoms with van der Waals surface area (Å²) in [5, 5.41) is 8.61. The maximum atomic E-state index is 12.9. The predicted octanol–water partition coefficient (Wildman–Crippen LogP) is 2.42. The molecule has 1 amide bonds. The highest BCUT2D eigenvalue weighted by molar-refractivity contribution is 6.33. The van der Waals surface area contributed by atoms with Crippen LogP contribution in [0.1, 0.15) is 23.7 Å². The molecule has 0 spiro atoms. The Labute approximate surface area is 109 Å². The van der Waals surface area contributed by atoms with Gasteiger partial charge in [0.05, 0.1) is 17.0 Å². The van der Waals surface area contributed by atoms with Crippen molar-refractivity contribution in [2.75, 3.05) is 13.1 Å². The lowest BCUT2D eigenvalue weighted by atomic mass is 10.2. The van der Waals surface area contributed by atoms with Crippen LogP contribution in [0.15, 0.2) is 18.2 Å². The molecule has 0 aliphatic rings. The van der Waals surface area contributed by atoms with E-state index in [2.05, 4.69) is 0 Å². The number of hydrogen-bond donors (Lipinski definition) is 1. The van der Waals surface area contributed by atoms with Crippen molar-refractivity contribution in [2.45, 2.75) is 13.3 Å². The van der Waals surface area contributed by atoms with Gasteiger partial charge in [0.2, 0.25) is 0 Å². The molecule has 0 saturated carbocycles. The van der Waals surface area contributed by atoms with E-state index in [9.17, 15) is 14.0 Å². The summed E-state index contributed by atoms with van der Waals surface area (Å²) in [6, 6.07) is 3.49. The number of amides is 1. The van der Waals surface area contributed by atoms with Crippen molar-refractivity contribution in [3.63, 3.8) is 0 Å². The monoisotopic (exact) mass is 273 g/mol. The van der Waals surface area contributed by atoms with E-state index >= 15 is 0 Å². The van der Waals surface area contributed by atoms with Gasteiger partial charge in [0.1, 0.15) is 5.82 Å². The molecule has 0 atom stereocenters. The first kappa shape index (κ1) is 14.4. The molecule has 1 N–H and O–H groups in total. The minimum Gasteiger partial charge on any atom is -0.481 e. The van der Waals surface area contributed by atoms with Gasteiger partial charge in [-0.1, -0.05) is 11.6 Å². The second-order valence-electron chi connectivity index (χ2n) is 3.65. The van der Waals surface area contributed by atoms with E-state index in [0.717, 1.165) is 12.1 Å². The zero-order chi connectivity index (χ0) is 13.7. The van der Waals surface area contributed by atoms with Gasteiger partial charge in [0.15, 0.2) is 0 Å². The Morgan fingerprint density at radius 1 is 1.44 bits per heavy atom. The normalized spacial score (nSPS) is 10.2. The molecule has 0 unspecified atom stereocenters. The van der Waals surface area contributed by atoms with Crippen molar-refractivity contribution in [2.24, 2.45) is 0 Å². The average Bonchev–Trinajstić information content (AvgIpc) is 2.29. The van der Waals surface area contributed by atoms with E-state index in [0.29, 0.717) is 6.54 Å². The van der Waals surface area contributed by atoms with E-state index in [1.807, 2.05) is 0 Å². The molecule has 1 aromatic rings. The van der Waals surface area contributed by atoms with E-state index in [4.69, 9.17) is 16.7 Å². The lowest BCUT2D eigenvalue weighted by molar-refractivity contribution is -0.137. The minimum absolute atomic E-state index is 0.0220. The van der Waals surface area contributed by atoms with Crippen molar-refractivity contribution in [1.82, 2.24) is 4.90 Å². The molecule has 0 aliphatic heterocycles. The molecule has 1 rings (SSSR count). The standard InChI is InChI=1S/C12H13ClFNO3/c1-2-15(6-5-11(16)17)12(18)9-4-3-8(14)7-10(9)13/h3-4,7H,2,5-6H2,1H3,(H,16,17). The molecule has 0 aromatic heterocycles. The van der Waals surface area contributed by atoms with Gasteiger partial charge in [-0.05, 0) is 25.1 Å². The summed E-state index contributed by atoms with van der Waals surface area (Å²) in [7, 11) is 0. The quantitative estimate of drug-likeness (QED) is 0.896. The highest BCUT2D eigenvalue weighted by atomic mass is 35.5. The summed E-state index contributed by atoms with van der Waals surface area (Å²) in [4.78, 5) is 23.9. The summed E-state index contributed by atoms with van der Waals surface area (Å²) in [5.41, 5.74) is 0.172. The van der Waals surface area contributed by atoms with Gasteiger partial charge >= 0.3 is 5.97 Å². The third-order valence-corrected chi connectivity index (χ3v) is 2.74. The molecule has 0 bridgehead atoms. The molecular weight excluding hydrogens is 261 g/mol. The molecule has 1 aromatic carbocycles. The van der Waals surface area contributed by atoms with Crippen molar-refractivity contribution in [3.05, 3.63) is 34.6 Å². The smallest absolute Gasteiger partial charge is 0.305 e. The van der Waals surface area contributed by atoms with Crippen LogP contribution in [0.2, 0.25) is 5.02 Å². The molecule has 0 saturated heterocycles. The van der Waals surface area contributed by atoms with Gasteiger partial charge in [-0.15, -0.1) is 0 Å². The lowest BCUT2D eigenvalue weighted by Crippen LogP contribution is -2.33. The van der Waals surface area contributed by atoms with Crippen LogP contribution >= 0.6 is 11.6 Å². The van der Waals surface area contributed by atoms with Gasteiger partial charge in [-0.3, -0.25) is 9.59 Å². The summed E-state index contributed by atoms with van der Waals surface area (Å²) in [6.45, 7) is 2.19. The van der Waals surface area contributed by atoms with Crippen LogP contribution < -0.4 is 0 Å². The Hall–Kier alpha value is -1.62. The third kappa shape index (κ3) is 3.70. The van der Waals surface area contributed by atoms with E-state index in [1.54, 1.807) is 6.92 Å². The molecule has 0 fully saturated rings. The highest BCUT2D eigenvalue weighted by Gasteiger charge is 2.18. The zero-order valence-corrected chi connectivity index (χ0v) is 10.6. The van der Waals surface area contributed by atoms with Crippen LogP contribution in [-0.2, 0) is 4.79 Å². The number of rotatable bonds is 5. The molecule has 6 heteroatoms. The second kappa shape index (κ2) is 6.35. The van der Waals surface area contributed by atoms with Crippen LogP contribution in [0, 0.1) is 5.82 Å². The molecule has 0 aliphatic carbocycles. The van der Waals surface area contributed by atoms with E-state index < -0.39 is 17.7 Å². The SMILES string of the molecule is CCN(CCC(=O)O)C(=O)c1ccc(F)cc1Cl. The first-order chi connectivity index (χ1) is 8.45. The predicted molar refractivity (Wildman–Crippen MR) is 65.2 cm³/mol. The average molecular weight is 274 g/mol. The Kier molecular flexibility index (Phi) is 5.09. The summed E-state index contributed by atoms with van der Waals surface area (Å²) < 4.78 is 12.9. The third-order valence-electron chi connectivity index (χ3n) is 2.43. The van der Waals surface area contributed by atoms with Crippen LogP contribution in [-0.4, -0.2) is 35.0 Å². The molecule has 98 valence electrons. The number of carbonyl (C=O) groups excluding carboxylic acids is 1. The van der Waals surface area contributed by atoms with Gasteiger partial charge in [-0.25, -0.2) is 4.39 Å². The Bertz CT molecular complexity index is 465. The minimum atomic E-state index is -0.980. The molecule has 18 heavy (non-hydrogen) atoms. The summed E-state index contributed by atoms with van der Waals surface area (Å²) >= 11 is 5.78. The fourth-order valence-electron chi connectivity index (χ4n) is 1.47. The molecule has 4 nitrogen and oxygen atoms in total. The highest BCUT2D eigenvalue weighted by Crippen LogP contribution is 2.19. The number of nitrogens with zero attached hydrogens (tertiary/aromatic N) is 1. The number of halogens is 2. The van der Waals surface area contributed by atoms with Crippen molar-refractivity contribution < 1.29 is 19.1 Å². The number of carbonyl (C=O) groups is 2. The number of hydrogen-bond acceptors (Lipinski definition) is 2. The van der Waals surface area contributed by atoms with Crippen LogP contribution in [0.5, 0.6) is 0 Å². The maximum absolute atomic E-state index is 12.9. The van der Waals surface area contributed by atoms with Gasteiger partial charge in [-0.2, -0.15) is 0 Å². The van der Waals surface area contributed by atoms with Gasteiger partial charge in [0.25, 0.3) is 5.91 Å². The van der Waals surface area contributed by atoms with Crippen molar-refractivity contribution >= 4 is 23.5 Å². The van der Waals surface area contributed by atoms with Crippen molar-refractivity contribution in [3.8, 4) is 0 Å². The van der Waals surface area contributed by atoms with Crippen LogP contribution in [0.25, 0.3) is 0 Å². The summed E-state index contributed by atoms with van der Waals surface area (Å²) in [5.74, 6) is -1.90. The number of aliphatic carboxylic acids is 1.